The monoisotopic (exact) mass is 209 g/mol. The Balaban J connectivity index is 1.98. The summed E-state index contributed by atoms with van der Waals surface area (Å²) in [7, 11) is 0. The number of nitrogens with zero attached hydrogens (tertiary/aromatic N) is 2. The van der Waals surface area contributed by atoms with Crippen LogP contribution in [0.3, 0.4) is 0 Å². The minimum Gasteiger partial charge on any atom is -0.381 e. The molecule has 0 spiro atoms. The third kappa shape index (κ3) is 6.01. The van der Waals surface area contributed by atoms with Crippen LogP contribution < -0.4 is 5.32 Å². The van der Waals surface area contributed by atoms with Crippen LogP contribution in [0, 0.1) is 5.92 Å². The van der Waals surface area contributed by atoms with Crippen molar-refractivity contribution in [1.29, 1.82) is 0 Å². The van der Waals surface area contributed by atoms with Gasteiger partial charge in [0.1, 0.15) is 0 Å². The van der Waals surface area contributed by atoms with Gasteiger partial charge in [-0.1, -0.05) is 13.8 Å². The summed E-state index contributed by atoms with van der Waals surface area (Å²) in [6.07, 6.45) is 4.43. The molecule has 0 atom stereocenters. The van der Waals surface area contributed by atoms with E-state index in [0.717, 1.165) is 26.2 Å². The highest BCUT2D eigenvalue weighted by Gasteiger charge is 1.95. The van der Waals surface area contributed by atoms with Gasteiger partial charge < -0.3 is 10.1 Å². The van der Waals surface area contributed by atoms with Gasteiger partial charge >= 0.3 is 0 Å². The van der Waals surface area contributed by atoms with Crippen molar-refractivity contribution in [3.05, 3.63) is 18.5 Å². The second-order valence-corrected chi connectivity index (χ2v) is 3.82. The average molecular weight is 209 g/mol. The maximum Gasteiger partial charge on any atom is 0.222 e. The first-order valence-electron chi connectivity index (χ1n) is 5.37. The molecule has 0 saturated heterocycles. The van der Waals surface area contributed by atoms with Crippen LogP contribution in [0.4, 0.5) is 5.95 Å². The van der Waals surface area contributed by atoms with E-state index >= 15 is 0 Å². The van der Waals surface area contributed by atoms with Crippen LogP contribution in [-0.4, -0.2) is 29.7 Å². The van der Waals surface area contributed by atoms with Gasteiger partial charge in [0.25, 0.3) is 0 Å². The molecule has 0 aromatic carbocycles. The third-order valence-electron chi connectivity index (χ3n) is 1.77. The molecule has 4 nitrogen and oxygen atoms in total. The Hall–Kier alpha value is -1.16. The van der Waals surface area contributed by atoms with Gasteiger partial charge in [0.2, 0.25) is 5.95 Å². The van der Waals surface area contributed by atoms with Crippen LogP contribution in [0.25, 0.3) is 0 Å². The number of aromatic nitrogens is 2. The molecule has 15 heavy (non-hydrogen) atoms. The molecule has 1 N–H and O–H groups in total. The first-order valence-corrected chi connectivity index (χ1v) is 5.37. The van der Waals surface area contributed by atoms with Crippen LogP contribution in [0.1, 0.15) is 20.3 Å². The molecule has 0 aliphatic heterocycles. The molecule has 0 radical (unpaired) electrons. The molecule has 4 heteroatoms. The van der Waals surface area contributed by atoms with E-state index in [9.17, 15) is 0 Å². The summed E-state index contributed by atoms with van der Waals surface area (Å²) in [4.78, 5) is 8.12. The predicted octanol–water partition coefficient (Wildman–Crippen LogP) is 1.95. The summed E-state index contributed by atoms with van der Waals surface area (Å²) in [6.45, 7) is 6.77. The molecule has 0 bridgehead atoms. The Morgan fingerprint density at radius 3 is 2.73 bits per heavy atom. The van der Waals surface area contributed by atoms with Crippen molar-refractivity contribution in [3.8, 4) is 0 Å². The van der Waals surface area contributed by atoms with Crippen molar-refractivity contribution < 1.29 is 4.74 Å². The molecule has 0 aliphatic rings. The van der Waals surface area contributed by atoms with Crippen molar-refractivity contribution in [2.75, 3.05) is 25.1 Å². The predicted molar refractivity (Wildman–Crippen MR) is 60.8 cm³/mol. The van der Waals surface area contributed by atoms with Crippen LogP contribution in [0.2, 0.25) is 0 Å². The smallest absolute Gasteiger partial charge is 0.222 e. The Morgan fingerprint density at radius 2 is 2.07 bits per heavy atom. The molecule has 1 aromatic rings. The minimum atomic E-state index is 0.607. The first-order chi connectivity index (χ1) is 7.29. The van der Waals surface area contributed by atoms with E-state index in [4.69, 9.17) is 4.74 Å². The number of nitrogens with one attached hydrogen (secondary N) is 1. The number of hydrogen-bond donors (Lipinski definition) is 1. The SMILES string of the molecule is CC(C)COCCCNc1ncccn1. The van der Waals surface area contributed by atoms with Crippen LogP contribution in [0.5, 0.6) is 0 Å². The second-order valence-electron chi connectivity index (χ2n) is 3.82. The van der Waals surface area contributed by atoms with Crippen molar-refractivity contribution in [1.82, 2.24) is 9.97 Å². The summed E-state index contributed by atoms with van der Waals surface area (Å²) in [6, 6.07) is 1.80. The highest BCUT2D eigenvalue weighted by Crippen LogP contribution is 1.96. The van der Waals surface area contributed by atoms with E-state index < -0.39 is 0 Å². The van der Waals surface area contributed by atoms with Gasteiger partial charge in [0.15, 0.2) is 0 Å². The van der Waals surface area contributed by atoms with Crippen molar-refractivity contribution >= 4 is 5.95 Å². The van der Waals surface area contributed by atoms with E-state index in [1.54, 1.807) is 18.5 Å². The van der Waals surface area contributed by atoms with Gasteiger partial charge in [-0.05, 0) is 18.4 Å². The Labute approximate surface area is 91.1 Å². The molecule has 1 aromatic heterocycles. The number of hydrogen-bond acceptors (Lipinski definition) is 4. The fraction of sp³-hybridized carbons (Fsp3) is 0.636. The molecule has 1 heterocycles. The molecule has 0 amide bonds. The number of ether oxygens (including phenoxy) is 1. The van der Waals surface area contributed by atoms with Crippen molar-refractivity contribution in [2.45, 2.75) is 20.3 Å². The minimum absolute atomic E-state index is 0.607. The van der Waals surface area contributed by atoms with Crippen LogP contribution in [-0.2, 0) is 4.74 Å². The lowest BCUT2D eigenvalue weighted by molar-refractivity contribution is 0.110. The maximum absolute atomic E-state index is 5.45. The van der Waals surface area contributed by atoms with E-state index in [-0.39, 0.29) is 0 Å². The largest absolute Gasteiger partial charge is 0.381 e. The quantitative estimate of drug-likeness (QED) is 0.697. The standard InChI is InChI=1S/C11H19N3O/c1-10(2)9-15-8-4-7-14-11-12-5-3-6-13-11/h3,5-6,10H,4,7-9H2,1-2H3,(H,12,13,14). The lowest BCUT2D eigenvalue weighted by atomic mass is 10.2. The van der Waals surface area contributed by atoms with Gasteiger partial charge in [0.05, 0.1) is 0 Å². The second kappa shape index (κ2) is 7.17. The van der Waals surface area contributed by atoms with E-state index in [0.29, 0.717) is 11.9 Å². The van der Waals surface area contributed by atoms with Gasteiger partial charge in [-0.3, -0.25) is 0 Å². The maximum atomic E-state index is 5.45. The lowest BCUT2D eigenvalue weighted by Crippen LogP contribution is -2.09. The van der Waals surface area contributed by atoms with E-state index in [2.05, 4.69) is 29.1 Å². The lowest BCUT2D eigenvalue weighted by Gasteiger charge is -2.07. The first kappa shape index (κ1) is 11.9. The summed E-state index contributed by atoms with van der Waals surface area (Å²) in [5.74, 6) is 1.29. The molecular formula is C11H19N3O. The topological polar surface area (TPSA) is 47.0 Å². The van der Waals surface area contributed by atoms with Gasteiger partial charge in [-0.2, -0.15) is 0 Å². The fourth-order valence-corrected chi connectivity index (χ4v) is 1.08. The third-order valence-corrected chi connectivity index (χ3v) is 1.77. The fourth-order valence-electron chi connectivity index (χ4n) is 1.08. The van der Waals surface area contributed by atoms with E-state index in [1.807, 2.05) is 0 Å². The Bertz CT molecular complexity index is 251. The Morgan fingerprint density at radius 1 is 1.33 bits per heavy atom. The molecule has 0 fully saturated rings. The normalized spacial score (nSPS) is 10.6. The van der Waals surface area contributed by atoms with Crippen LogP contribution in [0.15, 0.2) is 18.5 Å². The summed E-state index contributed by atoms with van der Waals surface area (Å²) < 4.78 is 5.45. The highest BCUT2D eigenvalue weighted by atomic mass is 16.5. The zero-order valence-electron chi connectivity index (χ0n) is 9.44. The molecule has 1 rings (SSSR count). The van der Waals surface area contributed by atoms with Crippen molar-refractivity contribution in [3.63, 3.8) is 0 Å². The van der Waals surface area contributed by atoms with Crippen molar-refractivity contribution in [2.24, 2.45) is 5.92 Å². The molecule has 84 valence electrons. The number of rotatable bonds is 7. The van der Waals surface area contributed by atoms with Gasteiger partial charge in [-0.15, -0.1) is 0 Å². The van der Waals surface area contributed by atoms with Gasteiger partial charge in [-0.25, -0.2) is 9.97 Å². The van der Waals surface area contributed by atoms with Gasteiger partial charge in [0, 0.05) is 32.2 Å². The molecule has 0 unspecified atom stereocenters. The number of anilines is 1. The zero-order valence-corrected chi connectivity index (χ0v) is 9.44. The summed E-state index contributed by atoms with van der Waals surface area (Å²) >= 11 is 0. The average Bonchev–Trinajstić information content (AvgIpc) is 2.24. The summed E-state index contributed by atoms with van der Waals surface area (Å²) in [5, 5.41) is 3.13. The highest BCUT2D eigenvalue weighted by molar-refractivity contribution is 5.21. The molecule has 0 aliphatic carbocycles. The molecule has 0 saturated carbocycles. The molecular weight excluding hydrogens is 190 g/mol. The zero-order chi connectivity index (χ0) is 10.9. The van der Waals surface area contributed by atoms with E-state index in [1.165, 1.54) is 0 Å². The Kier molecular flexibility index (Phi) is 5.70. The summed E-state index contributed by atoms with van der Waals surface area (Å²) in [5.41, 5.74) is 0. The van der Waals surface area contributed by atoms with Crippen LogP contribution >= 0.6 is 0 Å².